The molecule has 72 valence electrons. The van der Waals surface area contributed by atoms with Gasteiger partial charge in [0.05, 0.1) is 0 Å². The first kappa shape index (κ1) is 11.5. The molecular formula is C10H21NO. The quantitative estimate of drug-likeness (QED) is 0.638. The zero-order valence-corrected chi connectivity index (χ0v) is 8.98. The van der Waals surface area contributed by atoms with Crippen LogP contribution in [0.15, 0.2) is 0 Å². The second-order valence-corrected chi connectivity index (χ2v) is 4.30. The summed E-state index contributed by atoms with van der Waals surface area (Å²) >= 11 is 0. The van der Waals surface area contributed by atoms with Crippen molar-refractivity contribution in [1.29, 1.82) is 0 Å². The Kier molecular flexibility index (Phi) is 4.29. The highest BCUT2D eigenvalue weighted by Gasteiger charge is 2.18. The molecule has 0 aliphatic heterocycles. The Labute approximate surface area is 75.9 Å². The van der Waals surface area contributed by atoms with E-state index in [1.165, 1.54) is 0 Å². The average Bonchev–Trinajstić information content (AvgIpc) is 1.85. The van der Waals surface area contributed by atoms with Gasteiger partial charge in [0.15, 0.2) is 0 Å². The summed E-state index contributed by atoms with van der Waals surface area (Å²) in [5.74, 6) is 0.271. The number of hydrogen-bond acceptors (Lipinski definition) is 1. The van der Waals surface area contributed by atoms with Crippen molar-refractivity contribution in [3.63, 3.8) is 0 Å². The highest BCUT2D eigenvalue weighted by Crippen LogP contribution is 2.19. The normalized spacial score (nSPS) is 11.4. The fourth-order valence-corrected chi connectivity index (χ4v) is 1.14. The summed E-state index contributed by atoms with van der Waals surface area (Å²) in [5, 5.41) is 0. The molecule has 0 spiro atoms. The van der Waals surface area contributed by atoms with E-state index in [0.717, 1.165) is 13.1 Å². The maximum Gasteiger partial charge on any atom is 0.223 e. The van der Waals surface area contributed by atoms with E-state index in [0.29, 0.717) is 6.42 Å². The van der Waals surface area contributed by atoms with Crippen molar-refractivity contribution in [2.45, 2.75) is 41.0 Å². The van der Waals surface area contributed by atoms with Crippen molar-refractivity contribution in [2.75, 3.05) is 13.1 Å². The smallest absolute Gasteiger partial charge is 0.223 e. The molecule has 12 heavy (non-hydrogen) atoms. The Morgan fingerprint density at radius 1 is 1.17 bits per heavy atom. The maximum absolute atomic E-state index is 11.5. The number of nitrogens with zero attached hydrogens (tertiary/aromatic N) is 1. The molecule has 0 N–H and O–H groups in total. The Balaban J connectivity index is 4.02. The zero-order chi connectivity index (χ0) is 9.78. The molecule has 0 aromatic rings. The van der Waals surface area contributed by atoms with Gasteiger partial charge in [0.2, 0.25) is 5.91 Å². The summed E-state index contributed by atoms with van der Waals surface area (Å²) in [6, 6.07) is 0. The van der Waals surface area contributed by atoms with Gasteiger partial charge in [-0.15, -0.1) is 0 Å². The lowest BCUT2D eigenvalue weighted by atomic mass is 9.91. The summed E-state index contributed by atoms with van der Waals surface area (Å²) in [5.41, 5.74) is 0.111. The van der Waals surface area contributed by atoms with Crippen molar-refractivity contribution >= 4 is 5.91 Å². The van der Waals surface area contributed by atoms with E-state index < -0.39 is 0 Å². The number of hydrogen-bond donors (Lipinski definition) is 0. The van der Waals surface area contributed by atoms with E-state index >= 15 is 0 Å². The molecule has 0 atom stereocenters. The molecule has 2 nitrogen and oxygen atoms in total. The molecule has 0 saturated carbocycles. The summed E-state index contributed by atoms with van der Waals surface area (Å²) in [4.78, 5) is 13.4. The topological polar surface area (TPSA) is 20.3 Å². The molecule has 0 radical (unpaired) electrons. The Bertz CT molecular complexity index is 142. The van der Waals surface area contributed by atoms with Crippen LogP contribution in [0.3, 0.4) is 0 Å². The van der Waals surface area contributed by atoms with Crippen LogP contribution in [0.1, 0.15) is 41.0 Å². The predicted molar refractivity (Wildman–Crippen MR) is 52.0 cm³/mol. The summed E-state index contributed by atoms with van der Waals surface area (Å²) in [6.45, 7) is 12.0. The summed E-state index contributed by atoms with van der Waals surface area (Å²) in [6.07, 6.45) is 0.647. The van der Waals surface area contributed by atoms with Crippen LogP contribution >= 0.6 is 0 Å². The molecule has 0 saturated heterocycles. The van der Waals surface area contributed by atoms with Gasteiger partial charge >= 0.3 is 0 Å². The van der Waals surface area contributed by atoms with E-state index in [2.05, 4.69) is 20.8 Å². The molecule has 2 heteroatoms. The van der Waals surface area contributed by atoms with Crippen molar-refractivity contribution in [2.24, 2.45) is 5.41 Å². The molecular weight excluding hydrogens is 150 g/mol. The second-order valence-electron chi connectivity index (χ2n) is 4.30. The number of rotatable bonds is 3. The third-order valence-corrected chi connectivity index (χ3v) is 1.80. The van der Waals surface area contributed by atoms with E-state index in [-0.39, 0.29) is 11.3 Å². The highest BCUT2D eigenvalue weighted by atomic mass is 16.2. The minimum Gasteiger partial charge on any atom is -0.343 e. The zero-order valence-electron chi connectivity index (χ0n) is 8.98. The third kappa shape index (κ3) is 4.37. The van der Waals surface area contributed by atoms with E-state index in [9.17, 15) is 4.79 Å². The molecule has 0 bridgehead atoms. The van der Waals surface area contributed by atoms with Gasteiger partial charge in [0.25, 0.3) is 0 Å². The first-order chi connectivity index (χ1) is 5.40. The monoisotopic (exact) mass is 171 g/mol. The minimum atomic E-state index is 0.111. The lowest BCUT2D eigenvalue weighted by Gasteiger charge is -2.24. The van der Waals surface area contributed by atoms with Crippen LogP contribution in [0.2, 0.25) is 0 Å². The number of carbonyl (C=O) groups is 1. The third-order valence-electron chi connectivity index (χ3n) is 1.80. The molecule has 0 aliphatic rings. The van der Waals surface area contributed by atoms with Gasteiger partial charge in [0, 0.05) is 19.5 Å². The minimum absolute atomic E-state index is 0.111. The predicted octanol–water partition coefficient (Wildman–Crippen LogP) is 2.29. The van der Waals surface area contributed by atoms with Crippen molar-refractivity contribution < 1.29 is 4.79 Å². The van der Waals surface area contributed by atoms with Gasteiger partial charge in [-0.2, -0.15) is 0 Å². The van der Waals surface area contributed by atoms with Crippen LogP contribution in [-0.2, 0) is 4.79 Å². The number of amides is 1. The molecule has 0 aromatic heterocycles. The fraction of sp³-hybridized carbons (Fsp3) is 0.900. The second kappa shape index (κ2) is 4.48. The van der Waals surface area contributed by atoms with Crippen molar-refractivity contribution in [1.82, 2.24) is 4.90 Å². The van der Waals surface area contributed by atoms with Crippen LogP contribution < -0.4 is 0 Å². The van der Waals surface area contributed by atoms with Gasteiger partial charge in [-0.05, 0) is 19.3 Å². The lowest BCUT2D eigenvalue weighted by Crippen LogP contribution is -2.33. The molecule has 0 aliphatic carbocycles. The van der Waals surface area contributed by atoms with Crippen molar-refractivity contribution in [3.05, 3.63) is 0 Å². The van der Waals surface area contributed by atoms with Crippen LogP contribution in [0.5, 0.6) is 0 Å². The Morgan fingerprint density at radius 2 is 1.58 bits per heavy atom. The lowest BCUT2D eigenvalue weighted by molar-refractivity contribution is -0.132. The first-order valence-electron chi connectivity index (χ1n) is 4.68. The van der Waals surface area contributed by atoms with E-state index in [1.54, 1.807) is 0 Å². The highest BCUT2D eigenvalue weighted by molar-refractivity contribution is 5.76. The first-order valence-corrected chi connectivity index (χ1v) is 4.68. The van der Waals surface area contributed by atoms with Gasteiger partial charge in [-0.3, -0.25) is 4.79 Å². The van der Waals surface area contributed by atoms with E-state index in [4.69, 9.17) is 0 Å². The molecule has 0 heterocycles. The molecule has 1 amide bonds. The Morgan fingerprint density at radius 3 is 1.83 bits per heavy atom. The standard InChI is InChI=1S/C10H21NO/c1-6-11(7-2)9(12)8-10(3,4)5/h6-8H2,1-5H3. The van der Waals surface area contributed by atoms with Crippen LogP contribution in [0.25, 0.3) is 0 Å². The van der Waals surface area contributed by atoms with Gasteiger partial charge in [0.1, 0.15) is 0 Å². The van der Waals surface area contributed by atoms with Crippen molar-refractivity contribution in [3.8, 4) is 0 Å². The Hall–Kier alpha value is -0.530. The fourth-order valence-electron chi connectivity index (χ4n) is 1.14. The summed E-state index contributed by atoms with van der Waals surface area (Å²) < 4.78 is 0. The van der Waals surface area contributed by atoms with Crippen LogP contribution in [0, 0.1) is 5.41 Å². The molecule has 0 aromatic carbocycles. The number of carbonyl (C=O) groups excluding carboxylic acids is 1. The summed E-state index contributed by atoms with van der Waals surface area (Å²) in [7, 11) is 0. The van der Waals surface area contributed by atoms with Gasteiger partial charge in [-0.1, -0.05) is 20.8 Å². The van der Waals surface area contributed by atoms with Crippen LogP contribution in [0.4, 0.5) is 0 Å². The SMILES string of the molecule is CCN(CC)C(=O)CC(C)(C)C. The van der Waals surface area contributed by atoms with Gasteiger partial charge in [-0.25, -0.2) is 0 Å². The molecule has 0 fully saturated rings. The van der Waals surface area contributed by atoms with E-state index in [1.807, 2.05) is 18.7 Å². The molecule has 0 rings (SSSR count). The maximum atomic E-state index is 11.5. The van der Waals surface area contributed by atoms with Crippen LogP contribution in [-0.4, -0.2) is 23.9 Å². The average molecular weight is 171 g/mol. The van der Waals surface area contributed by atoms with Gasteiger partial charge < -0.3 is 4.90 Å². The molecule has 0 unspecified atom stereocenters. The largest absolute Gasteiger partial charge is 0.343 e.